The predicted molar refractivity (Wildman–Crippen MR) is 90.8 cm³/mol. The van der Waals surface area contributed by atoms with Crippen LogP contribution in [0.2, 0.25) is 0 Å². The van der Waals surface area contributed by atoms with Crippen molar-refractivity contribution in [3.63, 3.8) is 0 Å². The Morgan fingerprint density at radius 1 is 1.25 bits per heavy atom. The summed E-state index contributed by atoms with van der Waals surface area (Å²) in [6.45, 7) is 3.49. The minimum absolute atomic E-state index is 0.114. The van der Waals surface area contributed by atoms with E-state index in [9.17, 15) is 20.0 Å². The summed E-state index contributed by atoms with van der Waals surface area (Å²) in [5, 5.41) is 23.9. The van der Waals surface area contributed by atoms with E-state index in [4.69, 9.17) is 0 Å². The summed E-state index contributed by atoms with van der Waals surface area (Å²) in [7, 11) is 0. The van der Waals surface area contributed by atoms with Gasteiger partial charge < -0.3 is 10.4 Å². The molecule has 0 aromatic heterocycles. The first-order valence-electron chi connectivity index (χ1n) is 7.67. The Bertz CT molecular complexity index is 731. The molecule has 2 atom stereocenters. The van der Waals surface area contributed by atoms with Crippen molar-refractivity contribution < 1.29 is 14.8 Å². The third-order valence-electron chi connectivity index (χ3n) is 3.67. The van der Waals surface area contributed by atoms with E-state index in [0.717, 1.165) is 5.56 Å². The molecule has 0 heterocycles. The normalized spacial score (nSPS) is 13.1. The first-order chi connectivity index (χ1) is 11.4. The number of nitro benzene ring substituents is 1. The van der Waals surface area contributed by atoms with Gasteiger partial charge in [-0.3, -0.25) is 14.9 Å². The van der Waals surface area contributed by atoms with Crippen molar-refractivity contribution in [3.05, 3.63) is 75.3 Å². The number of carbonyl (C=O) groups excluding carboxylic acids is 1. The van der Waals surface area contributed by atoms with Gasteiger partial charge in [0.05, 0.1) is 11.0 Å². The van der Waals surface area contributed by atoms with Gasteiger partial charge in [0, 0.05) is 23.7 Å². The van der Waals surface area contributed by atoms with Crippen LogP contribution in [0, 0.1) is 17.0 Å². The van der Waals surface area contributed by atoms with Gasteiger partial charge in [0.15, 0.2) is 0 Å². The van der Waals surface area contributed by atoms with Gasteiger partial charge in [-0.05, 0) is 37.5 Å². The molecule has 0 aliphatic rings. The molecule has 0 saturated heterocycles. The zero-order valence-corrected chi connectivity index (χ0v) is 13.6. The van der Waals surface area contributed by atoms with Crippen molar-refractivity contribution in [3.8, 4) is 0 Å². The van der Waals surface area contributed by atoms with Crippen LogP contribution >= 0.6 is 0 Å². The Labute approximate surface area is 140 Å². The van der Waals surface area contributed by atoms with E-state index in [2.05, 4.69) is 5.32 Å². The molecule has 0 radical (unpaired) electrons. The van der Waals surface area contributed by atoms with Gasteiger partial charge >= 0.3 is 0 Å². The Morgan fingerprint density at radius 2 is 1.92 bits per heavy atom. The van der Waals surface area contributed by atoms with Crippen LogP contribution < -0.4 is 5.32 Å². The van der Waals surface area contributed by atoms with Gasteiger partial charge in [0.2, 0.25) is 0 Å². The maximum atomic E-state index is 12.3. The molecule has 24 heavy (non-hydrogen) atoms. The molecule has 2 N–H and O–H groups in total. The highest BCUT2D eigenvalue weighted by Crippen LogP contribution is 2.19. The van der Waals surface area contributed by atoms with E-state index in [-0.39, 0.29) is 17.3 Å². The lowest BCUT2D eigenvalue weighted by Gasteiger charge is -2.18. The van der Waals surface area contributed by atoms with Crippen LogP contribution in [-0.2, 0) is 0 Å². The Hall–Kier alpha value is -2.73. The van der Waals surface area contributed by atoms with Crippen molar-refractivity contribution in [2.75, 3.05) is 0 Å². The largest absolute Gasteiger partial charge is 0.388 e. The molecular weight excluding hydrogens is 308 g/mol. The topological polar surface area (TPSA) is 92.5 Å². The summed E-state index contributed by atoms with van der Waals surface area (Å²) < 4.78 is 0. The first-order valence-corrected chi connectivity index (χ1v) is 7.67. The predicted octanol–water partition coefficient (Wildman–Crippen LogP) is 3.15. The van der Waals surface area contributed by atoms with E-state index in [1.54, 1.807) is 19.9 Å². The van der Waals surface area contributed by atoms with E-state index in [1.165, 1.54) is 12.1 Å². The maximum Gasteiger partial charge on any atom is 0.270 e. The van der Waals surface area contributed by atoms with Crippen molar-refractivity contribution in [1.82, 2.24) is 5.32 Å². The number of amides is 1. The molecule has 2 rings (SSSR count). The maximum absolute atomic E-state index is 12.3. The number of hydrogen-bond acceptors (Lipinski definition) is 4. The fourth-order valence-electron chi connectivity index (χ4n) is 2.51. The standard InChI is InChI=1S/C18H20N2O4/c1-12-8-15(11-16(9-12)20(23)24)18(22)19-13(2)10-17(21)14-6-4-3-5-7-14/h3-9,11,13,17,21H,10H2,1-2H3,(H,19,22). The van der Waals surface area contributed by atoms with Crippen LogP contribution in [0.25, 0.3) is 0 Å². The fraction of sp³-hybridized carbons (Fsp3) is 0.278. The lowest BCUT2D eigenvalue weighted by atomic mass is 10.0. The van der Waals surface area contributed by atoms with Crippen LogP contribution in [0.4, 0.5) is 5.69 Å². The second-order valence-electron chi connectivity index (χ2n) is 5.85. The highest BCUT2D eigenvalue weighted by Gasteiger charge is 2.17. The van der Waals surface area contributed by atoms with Gasteiger partial charge in [-0.1, -0.05) is 30.3 Å². The Morgan fingerprint density at radius 3 is 2.54 bits per heavy atom. The lowest BCUT2D eigenvalue weighted by molar-refractivity contribution is -0.384. The van der Waals surface area contributed by atoms with E-state index < -0.39 is 16.9 Å². The monoisotopic (exact) mass is 328 g/mol. The van der Waals surface area contributed by atoms with Crippen molar-refractivity contribution in [1.29, 1.82) is 0 Å². The Balaban J connectivity index is 2.02. The highest BCUT2D eigenvalue weighted by atomic mass is 16.6. The lowest BCUT2D eigenvalue weighted by Crippen LogP contribution is -2.33. The molecule has 0 saturated carbocycles. The molecule has 6 heteroatoms. The summed E-state index contributed by atoms with van der Waals surface area (Å²) in [6.07, 6.45) is -0.336. The minimum atomic E-state index is -0.687. The zero-order chi connectivity index (χ0) is 17.7. The van der Waals surface area contributed by atoms with E-state index >= 15 is 0 Å². The number of nitrogens with one attached hydrogen (secondary N) is 1. The van der Waals surface area contributed by atoms with E-state index in [1.807, 2.05) is 30.3 Å². The number of nitrogens with zero attached hydrogens (tertiary/aromatic N) is 1. The summed E-state index contributed by atoms with van der Waals surface area (Å²) >= 11 is 0. The number of benzene rings is 2. The number of aryl methyl sites for hydroxylation is 1. The average Bonchev–Trinajstić information content (AvgIpc) is 2.54. The Kier molecular flexibility index (Phi) is 5.65. The average molecular weight is 328 g/mol. The molecular formula is C18H20N2O4. The number of aliphatic hydroxyl groups is 1. The molecule has 2 unspecified atom stereocenters. The third-order valence-corrected chi connectivity index (χ3v) is 3.67. The summed E-state index contributed by atoms with van der Waals surface area (Å²) in [5.41, 5.74) is 1.55. The summed E-state index contributed by atoms with van der Waals surface area (Å²) in [5.74, 6) is -0.394. The highest BCUT2D eigenvalue weighted by molar-refractivity contribution is 5.95. The van der Waals surface area contributed by atoms with Gasteiger partial charge in [-0.15, -0.1) is 0 Å². The van der Waals surface area contributed by atoms with Gasteiger partial charge in [-0.2, -0.15) is 0 Å². The molecule has 0 bridgehead atoms. The number of aliphatic hydroxyl groups excluding tert-OH is 1. The van der Waals surface area contributed by atoms with Gasteiger partial charge in [0.25, 0.3) is 11.6 Å². The first kappa shape index (κ1) is 17.6. The molecule has 0 fully saturated rings. The number of carbonyl (C=O) groups is 1. The fourth-order valence-corrected chi connectivity index (χ4v) is 2.51. The minimum Gasteiger partial charge on any atom is -0.388 e. The molecule has 2 aromatic carbocycles. The van der Waals surface area contributed by atoms with Crippen molar-refractivity contribution in [2.24, 2.45) is 0 Å². The van der Waals surface area contributed by atoms with Crippen molar-refractivity contribution in [2.45, 2.75) is 32.4 Å². The smallest absolute Gasteiger partial charge is 0.270 e. The summed E-state index contributed by atoms with van der Waals surface area (Å²) in [4.78, 5) is 22.7. The summed E-state index contributed by atoms with van der Waals surface area (Å²) in [6, 6.07) is 13.2. The van der Waals surface area contributed by atoms with Crippen LogP contribution in [0.3, 0.4) is 0 Å². The molecule has 2 aromatic rings. The second-order valence-corrected chi connectivity index (χ2v) is 5.85. The van der Waals surface area contributed by atoms with Crippen LogP contribution in [-0.4, -0.2) is 22.0 Å². The quantitative estimate of drug-likeness (QED) is 0.629. The molecule has 126 valence electrons. The second kappa shape index (κ2) is 7.70. The molecule has 0 aliphatic carbocycles. The number of hydrogen-bond donors (Lipinski definition) is 2. The van der Waals surface area contributed by atoms with Crippen LogP contribution in [0.5, 0.6) is 0 Å². The molecule has 0 aliphatic heterocycles. The number of non-ortho nitro benzene ring substituents is 1. The van der Waals surface area contributed by atoms with E-state index in [0.29, 0.717) is 12.0 Å². The van der Waals surface area contributed by atoms with Crippen LogP contribution in [0.1, 0.15) is 40.9 Å². The third kappa shape index (κ3) is 4.63. The van der Waals surface area contributed by atoms with Crippen molar-refractivity contribution >= 4 is 11.6 Å². The molecule has 0 spiro atoms. The number of nitro groups is 1. The van der Waals surface area contributed by atoms with Crippen LogP contribution in [0.15, 0.2) is 48.5 Å². The number of rotatable bonds is 6. The zero-order valence-electron chi connectivity index (χ0n) is 13.6. The van der Waals surface area contributed by atoms with Gasteiger partial charge in [0.1, 0.15) is 0 Å². The van der Waals surface area contributed by atoms with Gasteiger partial charge in [-0.25, -0.2) is 0 Å². The molecule has 6 nitrogen and oxygen atoms in total. The molecule has 1 amide bonds. The SMILES string of the molecule is Cc1cc(C(=O)NC(C)CC(O)c2ccccc2)cc([N+](=O)[O-])c1.